The average molecular weight is 360 g/mol. The number of carbonyl (C=O) groups is 1. The van der Waals surface area contributed by atoms with Gasteiger partial charge in [-0.1, -0.05) is 6.07 Å². The summed E-state index contributed by atoms with van der Waals surface area (Å²) >= 11 is 1.46. The van der Waals surface area contributed by atoms with Crippen LogP contribution >= 0.6 is 11.3 Å². The first kappa shape index (κ1) is 17.8. The molecule has 3 rings (SSSR count). The van der Waals surface area contributed by atoms with Crippen molar-refractivity contribution in [1.29, 1.82) is 0 Å². The first-order chi connectivity index (χ1) is 12.1. The summed E-state index contributed by atoms with van der Waals surface area (Å²) in [4.78, 5) is 25.3. The van der Waals surface area contributed by atoms with Crippen molar-refractivity contribution in [1.82, 2.24) is 14.9 Å². The Hall–Kier alpha value is -2.03. The Kier molecular flexibility index (Phi) is 5.95. The Morgan fingerprint density at radius 1 is 1.36 bits per heavy atom. The van der Waals surface area contributed by atoms with E-state index in [0.717, 1.165) is 44.2 Å². The van der Waals surface area contributed by atoms with Crippen molar-refractivity contribution in [3.63, 3.8) is 0 Å². The molecule has 0 spiro atoms. The number of aromatic nitrogens is 2. The second kappa shape index (κ2) is 8.37. The number of thiazole rings is 1. The highest BCUT2D eigenvalue weighted by Gasteiger charge is 2.19. The lowest BCUT2D eigenvalue weighted by Crippen LogP contribution is -2.46. The Labute approximate surface area is 151 Å². The summed E-state index contributed by atoms with van der Waals surface area (Å²) in [7, 11) is 0. The van der Waals surface area contributed by atoms with Crippen LogP contribution < -0.4 is 16.0 Å². The van der Waals surface area contributed by atoms with E-state index in [9.17, 15) is 4.79 Å². The number of hydrogen-bond acceptors (Lipinski definition) is 7. The van der Waals surface area contributed by atoms with Gasteiger partial charge in [-0.3, -0.25) is 9.69 Å². The van der Waals surface area contributed by atoms with E-state index in [1.165, 1.54) is 11.3 Å². The third-order valence-electron chi connectivity index (χ3n) is 4.04. The highest BCUT2D eigenvalue weighted by molar-refractivity contribution is 7.13. The van der Waals surface area contributed by atoms with Crippen LogP contribution in [0.1, 0.15) is 19.0 Å². The van der Waals surface area contributed by atoms with E-state index in [1.807, 2.05) is 36.7 Å². The van der Waals surface area contributed by atoms with Gasteiger partial charge in [-0.15, -0.1) is 11.3 Å². The van der Waals surface area contributed by atoms with E-state index in [4.69, 9.17) is 5.73 Å². The van der Waals surface area contributed by atoms with Crippen molar-refractivity contribution in [2.24, 2.45) is 5.73 Å². The largest absolute Gasteiger partial charge is 0.354 e. The van der Waals surface area contributed by atoms with Crippen molar-refractivity contribution in [2.75, 3.05) is 36.4 Å². The zero-order valence-corrected chi connectivity index (χ0v) is 15.2. The van der Waals surface area contributed by atoms with Gasteiger partial charge in [0.25, 0.3) is 0 Å². The van der Waals surface area contributed by atoms with Crippen molar-refractivity contribution in [3.8, 4) is 0 Å². The Morgan fingerprint density at radius 2 is 2.16 bits per heavy atom. The van der Waals surface area contributed by atoms with Gasteiger partial charge in [-0.2, -0.15) is 0 Å². The number of nitrogens with zero attached hydrogens (tertiary/aromatic N) is 4. The number of amides is 1. The quantitative estimate of drug-likeness (QED) is 0.812. The first-order valence-corrected chi connectivity index (χ1v) is 9.36. The molecule has 0 bridgehead atoms. The van der Waals surface area contributed by atoms with Crippen LogP contribution in [0.3, 0.4) is 0 Å². The molecule has 0 saturated carbocycles. The van der Waals surface area contributed by atoms with Gasteiger partial charge < -0.3 is 16.0 Å². The molecule has 1 fully saturated rings. The van der Waals surface area contributed by atoms with Crippen LogP contribution in [0.15, 0.2) is 29.8 Å². The van der Waals surface area contributed by atoms with Gasteiger partial charge in [-0.05, 0) is 19.1 Å². The third-order valence-corrected chi connectivity index (χ3v) is 4.84. The van der Waals surface area contributed by atoms with E-state index >= 15 is 0 Å². The maximum Gasteiger partial charge on any atom is 0.227 e. The van der Waals surface area contributed by atoms with Gasteiger partial charge in [0.1, 0.15) is 5.82 Å². The van der Waals surface area contributed by atoms with Crippen molar-refractivity contribution < 1.29 is 4.79 Å². The molecule has 0 radical (unpaired) electrons. The Morgan fingerprint density at radius 3 is 2.84 bits per heavy atom. The number of rotatable bonds is 6. The minimum atomic E-state index is -0.144. The fourth-order valence-electron chi connectivity index (χ4n) is 2.80. The van der Waals surface area contributed by atoms with E-state index in [2.05, 4.69) is 25.1 Å². The molecule has 25 heavy (non-hydrogen) atoms. The van der Waals surface area contributed by atoms with E-state index in [1.54, 1.807) is 0 Å². The van der Waals surface area contributed by atoms with Crippen molar-refractivity contribution in [2.45, 2.75) is 25.9 Å². The highest BCUT2D eigenvalue weighted by Crippen LogP contribution is 2.19. The maximum atomic E-state index is 11.7. The van der Waals surface area contributed by atoms with Crippen LogP contribution in [-0.2, 0) is 11.3 Å². The summed E-state index contributed by atoms with van der Waals surface area (Å²) < 4.78 is 0. The molecule has 3 N–H and O–H groups in total. The van der Waals surface area contributed by atoms with Gasteiger partial charge in [0.15, 0.2) is 5.13 Å². The molecule has 1 unspecified atom stereocenters. The smallest absolute Gasteiger partial charge is 0.227 e. The predicted octanol–water partition coefficient (Wildman–Crippen LogP) is 1.54. The lowest BCUT2D eigenvalue weighted by Gasteiger charge is -2.35. The predicted molar refractivity (Wildman–Crippen MR) is 101 cm³/mol. The standard InChI is InChI=1S/C17H24N6OS/c1-13(18)10-16(24)21-17-20-14(12-25-17)11-22-6-8-23(9-7-22)15-4-2-3-5-19-15/h2-5,12-13H,6-11,18H2,1H3,(H,20,21,24). The fraction of sp³-hybridized carbons (Fsp3) is 0.471. The molecular formula is C17H24N6OS. The van der Waals surface area contributed by atoms with Crippen LogP contribution in [0.2, 0.25) is 0 Å². The average Bonchev–Trinajstić information content (AvgIpc) is 3.02. The summed E-state index contributed by atoms with van der Waals surface area (Å²) in [6.07, 6.45) is 2.14. The lowest BCUT2D eigenvalue weighted by molar-refractivity contribution is -0.116. The fourth-order valence-corrected chi connectivity index (χ4v) is 3.52. The minimum Gasteiger partial charge on any atom is -0.354 e. The molecule has 0 aromatic carbocycles. The zero-order chi connectivity index (χ0) is 17.6. The molecule has 2 aromatic heterocycles. The number of hydrogen-bond donors (Lipinski definition) is 2. The SMILES string of the molecule is CC(N)CC(=O)Nc1nc(CN2CCN(c3ccccn3)CC2)cs1. The molecule has 1 aliphatic heterocycles. The molecule has 8 heteroatoms. The topological polar surface area (TPSA) is 87.4 Å². The summed E-state index contributed by atoms with van der Waals surface area (Å²) in [6.45, 7) is 6.48. The number of carbonyl (C=O) groups excluding carboxylic acids is 1. The van der Waals surface area contributed by atoms with Gasteiger partial charge in [0.2, 0.25) is 5.91 Å². The van der Waals surface area contributed by atoms with Crippen molar-refractivity contribution in [3.05, 3.63) is 35.5 Å². The van der Waals surface area contributed by atoms with E-state index in [-0.39, 0.29) is 11.9 Å². The molecule has 0 aliphatic carbocycles. The van der Waals surface area contributed by atoms with Crippen molar-refractivity contribution >= 4 is 28.2 Å². The van der Waals surface area contributed by atoms with Crippen LogP contribution in [0.25, 0.3) is 0 Å². The van der Waals surface area contributed by atoms with Crippen LogP contribution in [-0.4, -0.2) is 53.0 Å². The minimum absolute atomic E-state index is 0.0834. The molecule has 1 amide bonds. The van der Waals surface area contributed by atoms with Crippen LogP contribution in [0.5, 0.6) is 0 Å². The number of nitrogens with one attached hydrogen (secondary N) is 1. The third kappa shape index (κ3) is 5.22. The Bertz CT molecular complexity index is 681. The summed E-state index contributed by atoms with van der Waals surface area (Å²) in [5, 5.41) is 5.47. The number of pyridine rings is 1. The summed E-state index contributed by atoms with van der Waals surface area (Å²) in [5.41, 5.74) is 6.63. The number of anilines is 2. The lowest BCUT2D eigenvalue weighted by atomic mass is 10.2. The Balaban J connectivity index is 1.47. The number of nitrogens with two attached hydrogens (primary N) is 1. The monoisotopic (exact) mass is 360 g/mol. The molecule has 3 heterocycles. The normalized spacial score (nSPS) is 16.6. The van der Waals surface area contributed by atoms with Crippen LogP contribution in [0, 0.1) is 0 Å². The molecule has 1 aliphatic rings. The summed E-state index contributed by atoms with van der Waals surface area (Å²) in [6, 6.07) is 5.86. The van der Waals surface area contributed by atoms with Crippen LogP contribution in [0.4, 0.5) is 10.9 Å². The van der Waals surface area contributed by atoms with Gasteiger partial charge in [-0.25, -0.2) is 9.97 Å². The zero-order valence-electron chi connectivity index (χ0n) is 14.4. The first-order valence-electron chi connectivity index (χ1n) is 8.48. The molecule has 1 saturated heterocycles. The van der Waals surface area contributed by atoms with Gasteiger partial charge in [0, 0.05) is 56.8 Å². The summed E-state index contributed by atoms with van der Waals surface area (Å²) in [5.74, 6) is 0.954. The van der Waals surface area contributed by atoms with Gasteiger partial charge in [0.05, 0.1) is 5.69 Å². The van der Waals surface area contributed by atoms with Gasteiger partial charge >= 0.3 is 0 Å². The molecule has 2 aromatic rings. The molecule has 134 valence electrons. The molecule has 7 nitrogen and oxygen atoms in total. The highest BCUT2D eigenvalue weighted by atomic mass is 32.1. The van der Waals surface area contributed by atoms with E-state index in [0.29, 0.717) is 11.6 Å². The number of piperazine rings is 1. The second-order valence-corrected chi connectivity index (χ2v) is 7.18. The second-order valence-electron chi connectivity index (χ2n) is 6.32. The molecule has 1 atom stereocenters. The molecular weight excluding hydrogens is 336 g/mol. The maximum absolute atomic E-state index is 11.7. The van der Waals surface area contributed by atoms with E-state index < -0.39 is 0 Å².